The van der Waals surface area contributed by atoms with Gasteiger partial charge in [0.15, 0.2) is 0 Å². The highest BCUT2D eigenvalue weighted by molar-refractivity contribution is 5.77. The highest BCUT2D eigenvalue weighted by Crippen LogP contribution is 2.34. The van der Waals surface area contributed by atoms with E-state index in [9.17, 15) is 22.4 Å². The van der Waals surface area contributed by atoms with E-state index in [1.54, 1.807) is 0 Å². The maximum atomic E-state index is 12.9. The molecule has 2 N–H and O–H groups in total. The van der Waals surface area contributed by atoms with Gasteiger partial charge in [-0.2, -0.15) is 13.2 Å². The second-order valence-electron chi connectivity index (χ2n) is 3.23. The molecule has 0 fully saturated rings. The van der Waals surface area contributed by atoms with Crippen LogP contribution < -0.4 is 5.73 Å². The van der Waals surface area contributed by atoms with Crippen molar-refractivity contribution in [2.75, 3.05) is 7.11 Å². The van der Waals surface area contributed by atoms with E-state index in [1.807, 2.05) is 0 Å². The predicted molar refractivity (Wildman–Crippen MR) is 50.3 cm³/mol. The van der Waals surface area contributed by atoms with Crippen LogP contribution >= 0.6 is 0 Å². The van der Waals surface area contributed by atoms with Gasteiger partial charge in [-0.15, -0.1) is 0 Å². The van der Waals surface area contributed by atoms with Crippen molar-refractivity contribution in [3.05, 3.63) is 35.1 Å². The molecule has 1 aromatic rings. The minimum atomic E-state index is -4.71. The van der Waals surface area contributed by atoms with Crippen molar-refractivity contribution in [2.24, 2.45) is 5.73 Å². The third-order valence-corrected chi connectivity index (χ3v) is 2.11. The summed E-state index contributed by atoms with van der Waals surface area (Å²) in [5, 5.41) is 0. The lowest BCUT2D eigenvalue weighted by molar-refractivity contribution is -0.144. The minimum absolute atomic E-state index is 0.535. The van der Waals surface area contributed by atoms with Crippen molar-refractivity contribution in [2.45, 2.75) is 12.2 Å². The summed E-state index contributed by atoms with van der Waals surface area (Å²) in [5.74, 6) is -1.98. The fraction of sp³-hybridized carbons (Fsp3) is 0.300. The molecule has 7 heteroatoms. The number of methoxy groups -OCH3 is 1. The predicted octanol–water partition coefficient (Wildman–Crippen LogP) is 2.02. The highest BCUT2D eigenvalue weighted by Gasteiger charge is 2.36. The van der Waals surface area contributed by atoms with Crippen LogP contribution in [0, 0.1) is 5.82 Å². The molecule has 0 saturated heterocycles. The van der Waals surface area contributed by atoms with E-state index >= 15 is 0 Å². The van der Waals surface area contributed by atoms with Gasteiger partial charge in [0.25, 0.3) is 0 Å². The molecule has 3 nitrogen and oxygen atoms in total. The van der Waals surface area contributed by atoms with Gasteiger partial charge >= 0.3 is 12.1 Å². The third-order valence-electron chi connectivity index (χ3n) is 2.11. The summed E-state index contributed by atoms with van der Waals surface area (Å²) in [6, 6.07) is 0.0844. The molecule has 1 atom stereocenters. The Morgan fingerprint density at radius 2 is 2.00 bits per heavy atom. The lowest BCUT2D eigenvalue weighted by Gasteiger charge is -2.16. The molecular weight excluding hydrogens is 242 g/mol. The molecule has 0 saturated carbocycles. The average molecular weight is 251 g/mol. The number of carbonyl (C=O) groups is 1. The normalized spacial score (nSPS) is 13.3. The molecule has 0 bridgehead atoms. The number of nitrogens with two attached hydrogens (primary N) is 1. The Hall–Kier alpha value is -1.63. The summed E-state index contributed by atoms with van der Waals surface area (Å²) < 4.78 is 54.8. The summed E-state index contributed by atoms with van der Waals surface area (Å²) in [6.45, 7) is 0. The zero-order valence-electron chi connectivity index (χ0n) is 8.72. The Bertz CT molecular complexity index is 431. The number of esters is 1. The number of hydrogen-bond donors (Lipinski definition) is 1. The van der Waals surface area contributed by atoms with Gasteiger partial charge in [-0.05, 0) is 23.8 Å². The summed E-state index contributed by atoms with van der Waals surface area (Å²) in [5.41, 5.74) is 3.47. The maximum absolute atomic E-state index is 12.9. The maximum Gasteiger partial charge on any atom is 0.416 e. The quantitative estimate of drug-likeness (QED) is 0.646. The largest absolute Gasteiger partial charge is 0.468 e. The van der Waals surface area contributed by atoms with Crippen LogP contribution in [0.5, 0.6) is 0 Å². The standard InChI is InChI=1S/C10H9F4NO2/c1-17-9(16)8(15)6-4-5(11)2-3-7(6)10(12,13)14/h2-4,8H,15H2,1H3/t8-/m1/s1. The van der Waals surface area contributed by atoms with Gasteiger partial charge < -0.3 is 10.5 Å². The molecular formula is C10H9F4NO2. The van der Waals surface area contributed by atoms with Crippen molar-refractivity contribution < 1.29 is 27.1 Å². The van der Waals surface area contributed by atoms with Crippen molar-refractivity contribution >= 4 is 5.97 Å². The fourth-order valence-electron chi connectivity index (χ4n) is 1.30. The van der Waals surface area contributed by atoms with Crippen molar-refractivity contribution in [1.82, 2.24) is 0 Å². The monoisotopic (exact) mass is 251 g/mol. The van der Waals surface area contributed by atoms with Crippen molar-refractivity contribution in [3.63, 3.8) is 0 Å². The average Bonchev–Trinajstić information content (AvgIpc) is 2.25. The number of ether oxygens (including phenoxy) is 1. The van der Waals surface area contributed by atoms with Crippen LogP contribution in [-0.2, 0) is 15.7 Å². The van der Waals surface area contributed by atoms with Gasteiger partial charge in [0.1, 0.15) is 11.9 Å². The van der Waals surface area contributed by atoms with Gasteiger partial charge in [0.05, 0.1) is 12.7 Å². The lowest BCUT2D eigenvalue weighted by Crippen LogP contribution is -2.26. The van der Waals surface area contributed by atoms with Gasteiger partial charge in [-0.25, -0.2) is 4.39 Å². The number of halogens is 4. The van der Waals surface area contributed by atoms with E-state index in [2.05, 4.69) is 4.74 Å². The number of benzene rings is 1. The Balaban J connectivity index is 3.30. The molecule has 0 heterocycles. The van der Waals surface area contributed by atoms with E-state index in [4.69, 9.17) is 5.73 Å². The Morgan fingerprint density at radius 3 is 2.47 bits per heavy atom. The first-order valence-electron chi connectivity index (χ1n) is 4.47. The summed E-state index contributed by atoms with van der Waals surface area (Å²) in [7, 11) is 0.981. The lowest BCUT2D eigenvalue weighted by atomic mass is 10.0. The fourth-order valence-corrected chi connectivity index (χ4v) is 1.30. The second-order valence-corrected chi connectivity index (χ2v) is 3.23. The molecule has 17 heavy (non-hydrogen) atoms. The summed E-state index contributed by atoms with van der Waals surface area (Å²) >= 11 is 0. The Morgan fingerprint density at radius 1 is 1.41 bits per heavy atom. The van der Waals surface area contributed by atoms with E-state index in [0.717, 1.165) is 7.11 Å². The van der Waals surface area contributed by atoms with Gasteiger partial charge in [0.2, 0.25) is 0 Å². The van der Waals surface area contributed by atoms with Crippen LogP contribution in [0.3, 0.4) is 0 Å². The zero-order valence-corrected chi connectivity index (χ0v) is 8.72. The zero-order chi connectivity index (χ0) is 13.2. The number of carbonyl (C=O) groups excluding carboxylic acids is 1. The van der Waals surface area contributed by atoms with Gasteiger partial charge in [-0.1, -0.05) is 0 Å². The minimum Gasteiger partial charge on any atom is -0.468 e. The number of hydrogen-bond acceptors (Lipinski definition) is 3. The van der Waals surface area contributed by atoms with Crippen LogP contribution in [-0.4, -0.2) is 13.1 Å². The Labute approximate surface area is 94.2 Å². The van der Waals surface area contributed by atoms with Crippen LogP contribution in [0.1, 0.15) is 17.2 Å². The summed E-state index contributed by atoms with van der Waals surface area (Å²) in [6.07, 6.45) is -4.71. The second kappa shape index (κ2) is 4.70. The first-order valence-corrected chi connectivity index (χ1v) is 4.47. The molecule has 0 radical (unpaired) electrons. The van der Waals surface area contributed by atoms with Crippen molar-refractivity contribution in [1.29, 1.82) is 0 Å². The van der Waals surface area contributed by atoms with Gasteiger partial charge in [-0.3, -0.25) is 4.79 Å². The molecule has 0 aromatic heterocycles. The third kappa shape index (κ3) is 2.94. The molecule has 0 aliphatic carbocycles. The molecule has 1 rings (SSSR count). The molecule has 1 aromatic carbocycles. The van der Waals surface area contributed by atoms with E-state index < -0.39 is 35.1 Å². The van der Waals surface area contributed by atoms with Crippen LogP contribution in [0.15, 0.2) is 18.2 Å². The highest BCUT2D eigenvalue weighted by atomic mass is 19.4. The Kier molecular flexibility index (Phi) is 3.72. The van der Waals surface area contributed by atoms with E-state index in [-0.39, 0.29) is 0 Å². The smallest absolute Gasteiger partial charge is 0.416 e. The van der Waals surface area contributed by atoms with Gasteiger partial charge in [0, 0.05) is 0 Å². The molecule has 94 valence electrons. The molecule has 0 aliphatic rings. The van der Waals surface area contributed by atoms with Crippen LogP contribution in [0.2, 0.25) is 0 Å². The number of rotatable bonds is 2. The first kappa shape index (κ1) is 13.4. The van der Waals surface area contributed by atoms with Crippen molar-refractivity contribution in [3.8, 4) is 0 Å². The SMILES string of the molecule is COC(=O)[C@H](N)c1cc(F)ccc1C(F)(F)F. The topological polar surface area (TPSA) is 52.3 Å². The molecule has 0 unspecified atom stereocenters. The molecule has 0 spiro atoms. The summed E-state index contributed by atoms with van der Waals surface area (Å²) in [4.78, 5) is 11.1. The first-order chi connectivity index (χ1) is 7.77. The molecule has 0 amide bonds. The number of alkyl halides is 3. The van der Waals surface area contributed by atoms with Crippen LogP contribution in [0.25, 0.3) is 0 Å². The van der Waals surface area contributed by atoms with Crippen LogP contribution in [0.4, 0.5) is 17.6 Å². The van der Waals surface area contributed by atoms with E-state index in [0.29, 0.717) is 18.2 Å². The molecule has 0 aliphatic heterocycles. The van der Waals surface area contributed by atoms with E-state index in [1.165, 1.54) is 0 Å².